The van der Waals surface area contributed by atoms with Crippen molar-refractivity contribution in [2.45, 2.75) is 46.2 Å². The summed E-state index contributed by atoms with van der Waals surface area (Å²) in [4.78, 5) is 16.4. The Morgan fingerprint density at radius 1 is 1.43 bits per heavy atom. The zero-order chi connectivity index (χ0) is 15.2. The van der Waals surface area contributed by atoms with E-state index >= 15 is 0 Å². The van der Waals surface area contributed by atoms with Crippen molar-refractivity contribution in [3.05, 3.63) is 30.1 Å². The second-order valence-corrected chi connectivity index (χ2v) is 4.98. The van der Waals surface area contributed by atoms with Crippen LogP contribution in [-0.2, 0) is 11.3 Å². The number of nitrogens with one attached hydrogen (secondary N) is 1. The number of carbonyl (C=O) groups excluding carboxylic acids is 1. The normalized spacial score (nSPS) is 12.3. The van der Waals surface area contributed by atoms with Crippen molar-refractivity contribution in [3.8, 4) is 0 Å². The Morgan fingerprint density at radius 2 is 2.24 bits per heavy atom. The molecule has 0 saturated heterocycles. The highest BCUT2D eigenvalue weighted by Crippen LogP contribution is 2.09. The van der Waals surface area contributed by atoms with Crippen LogP contribution in [0.3, 0.4) is 0 Å². The van der Waals surface area contributed by atoms with E-state index in [2.05, 4.69) is 20.5 Å². The van der Waals surface area contributed by atoms with E-state index in [1.54, 1.807) is 10.9 Å². The standard InChI is InChI=1S/C14H22N6O/c1-4-13(20-10-6-8-16-20)14(21)15-7-5-9-19-12(3)17-11(2)18-19/h6,8,10,13H,4-5,7,9H2,1-3H3,(H,15,21)/t13-/m0/s1. The van der Waals surface area contributed by atoms with E-state index in [0.29, 0.717) is 6.54 Å². The molecule has 0 aliphatic heterocycles. The maximum atomic E-state index is 12.1. The lowest BCUT2D eigenvalue weighted by Gasteiger charge is -2.15. The summed E-state index contributed by atoms with van der Waals surface area (Å²) in [6.45, 7) is 7.17. The molecule has 0 aliphatic rings. The van der Waals surface area contributed by atoms with Crippen molar-refractivity contribution in [1.82, 2.24) is 29.9 Å². The molecule has 1 atom stereocenters. The predicted molar refractivity (Wildman–Crippen MR) is 78.7 cm³/mol. The summed E-state index contributed by atoms with van der Waals surface area (Å²) in [6, 6.07) is 1.58. The average molecular weight is 290 g/mol. The molecule has 0 bridgehead atoms. The SMILES string of the molecule is CC[C@@H](C(=O)NCCCn1nc(C)nc1C)n1cccn1. The number of amides is 1. The fourth-order valence-electron chi connectivity index (χ4n) is 2.29. The summed E-state index contributed by atoms with van der Waals surface area (Å²) in [5, 5.41) is 11.4. The molecule has 0 radical (unpaired) electrons. The van der Waals surface area contributed by atoms with Crippen LogP contribution in [0.5, 0.6) is 0 Å². The maximum absolute atomic E-state index is 12.1. The molecule has 2 aromatic heterocycles. The van der Waals surface area contributed by atoms with Gasteiger partial charge in [0, 0.05) is 25.5 Å². The van der Waals surface area contributed by atoms with Crippen LogP contribution in [0.25, 0.3) is 0 Å². The van der Waals surface area contributed by atoms with Gasteiger partial charge in [-0.15, -0.1) is 0 Å². The number of hydrogen-bond donors (Lipinski definition) is 1. The minimum absolute atomic E-state index is 0.00712. The van der Waals surface area contributed by atoms with Gasteiger partial charge in [-0.05, 0) is 32.8 Å². The third kappa shape index (κ3) is 3.90. The Kier molecular flexibility index (Phi) is 5.08. The Balaban J connectivity index is 1.77. The van der Waals surface area contributed by atoms with E-state index in [1.165, 1.54) is 0 Å². The molecule has 0 aliphatic carbocycles. The van der Waals surface area contributed by atoms with Crippen LogP contribution >= 0.6 is 0 Å². The Labute approximate surface area is 124 Å². The van der Waals surface area contributed by atoms with Gasteiger partial charge in [0.15, 0.2) is 0 Å². The van der Waals surface area contributed by atoms with Crippen LogP contribution in [0.2, 0.25) is 0 Å². The average Bonchev–Trinajstić information content (AvgIpc) is 3.06. The molecule has 0 unspecified atom stereocenters. The van der Waals surface area contributed by atoms with Crippen LogP contribution < -0.4 is 5.32 Å². The predicted octanol–water partition coefficient (Wildman–Crippen LogP) is 1.25. The molecule has 1 N–H and O–H groups in total. The van der Waals surface area contributed by atoms with E-state index < -0.39 is 0 Å². The first-order valence-electron chi connectivity index (χ1n) is 7.26. The van der Waals surface area contributed by atoms with Crippen molar-refractivity contribution in [2.24, 2.45) is 0 Å². The largest absolute Gasteiger partial charge is 0.354 e. The lowest BCUT2D eigenvalue weighted by Crippen LogP contribution is -2.33. The number of aryl methyl sites for hydroxylation is 3. The van der Waals surface area contributed by atoms with Crippen LogP contribution in [0.15, 0.2) is 18.5 Å². The van der Waals surface area contributed by atoms with Crippen LogP contribution in [0, 0.1) is 13.8 Å². The lowest BCUT2D eigenvalue weighted by molar-refractivity contribution is -0.124. The zero-order valence-electron chi connectivity index (χ0n) is 12.8. The van der Waals surface area contributed by atoms with Crippen LogP contribution in [0.1, 0.15) is 37.5 Å². The minimum Gasteiger partial charge on any atom is -0.354 e. The number of hydrogen-bond acceptors (Lipinski definition) is 4. The summed E-state index contributed by atoms with van der Waals surface area (Å²) in [7, 11) is 0. The molecule has 0 spiro atoms. The minimum atomic E-state index is -0.240. The molecular formula is C14H22N6O. The van der Waals surface area contributed by atoms with Gasteiger partial charge in [-0.3, -0.25) is 14.2 Å². The summed E-state index contributed by atoms with van der Waals surface area (Å²) in [5.41, 5.74) is 0. The molecule has 7 nitrogen and oxygen atoms in total. The van der Waals surface area contributed by atoms with Crippen molar-refractivity contribution in [3.63, 3.8) is 0 Å². The zero-order valence-corrected chi connectivity index (χ0v) is 12.8. The van der Waals surface area contributed by atoms with E-state index in [1.807, 2.05) is 37.7 Å². The van der Waals surface area contributed by atoms with Gasteiger partial charge in [0.1, 0.15) is 17.7 Å². The molecule has 0 aromatic carbocycles. The summed E-state index contributed by atoms with van der Waals surface area (Å²) in [6.07, 6.45) is 5.04. The number of nitrogens with zero attached hydrogens (tertiary/aromatic N) is 5. The first-order chi connectivity index (χ1) is 10.1. The van der Waals surface area contributed by atoms with Gasteiger partial charge in [-0.1, -0.05) is 6.92 Å². The van der Waals surface area contributed by atoms with E-state index in [-0.39, 0.29) is 11.9 Å². The van der Waals surface area contributed by atoms with Crippen molar-refractivity contribution in [1.29, 1.82) is 0 Å². The molecule has 0 fully saturated rings. The summed E-state index contributed by atoms with van der Waals surface area (Å²) < 4.78 is 3.56. The van der Waals surface area contributed by atoms with Gasteiger partial charge in [-0.2, -0.15) is 10.2 Å². The van der Waals surface area contributed by atoms with Gasteiger partial charge >= 0.3 is 0 Å². The summed E-state index contributed by atoms with van der Waals surface area (Å²) in [5.74, 6) is 1.69. The molecular weight excluding hydrogens is 268 g/mol. The lowest BCUT2D eigenvalue weighted by atomic mass is 10.2. The smallest absolute Gasteiger partial charge is 0.244 e. The molecule has 21 heavy (non-hydrogen) atoms. The molecule has 0 saturated carbocycles. The second-order valence-electron chi connectivity index (χ2n) is 4.98. The molecule has 2 rings (SSSR count). The van der Waals surface area contributed by atoms with Crippen LogP contribution in [0.4, 0.5) is 0 Å². The third-order valence-corrected chi connectivity index (χ3v) is 3.34. The first kappa shape index (κ1) is 15.2. The molecule has 114 valence electrons. The molecule has 2 aromatic rings. The number of aromatic nitrogens is 5. The van der Waals surface area contributed by atoms with E-state index in [4.69, 9.17) is 0 Å². The van der Waals surface area contributed by atoms with Crippen LogP contribution in [-0.4, -0.2) is 37.0 Å². The monoisotopic (exact) mass is 290 g/mol. The maximum Gasteiger partial charge on any atom is 0.244 e. The van der Waals surface area contributed by atoms with Gasteiger partial charge in [0.2, 0.25) is 5.91 Å². The third-order valence-electron chi connectivity index (χ3n) is 3.34. The highest BCUT2D eigenvalue weighted by Gasteiger charge is 2.17. The second kappa shape index (κ2) is 7.01. The van der Waals surface area contributed by atoms with Crippen molar-refractivity contribution >= 4 is 5.91 Å². The Bertz CT molecular complexity index is 574. The number of carbonyl (C=O) groups is 1. The van der Waals surface area contributed by atoms with Crippen molar-refractivity contribution < 1.29 is 4.79 Å². The molecule has 2 heterocycles. The topological polar surface area (TPSA) is 77.6 Å². The Hall–Kier alpha value is -2.18. The highest BCUT2D eigenvalue weighted by atomic mass is 16.2. The number of rotatable bonds is 7. The van der Waals surface area contributed by atoms with Gasteiger partial charge in [0.05, 0.1) is 0 Å². The van der Waals surface area contributed by atoms with Gasteiger partial charge in [-0.25, -0.2) is 4.98 Å². The first-order valence-corrected chi connectivity index (χ1v) is 7.26. The van der Waals surface area contributed by atoms with Crippen molar-refractivity contribution in [2.75, 3.05) is 6.54 Å². The Morgan fingerprint density at radius 3 is 2.81 bits per heavy atom. The van der Waals surface area contributed by atoms with E-state index in [9.17, 15) is 4.79 Å². The fourth-order valence-corrected chi connectivity index (χ4v) is 2.29. The fraction of sp³-hybridized carbons (Fsp3) is 0.571. The molecule has 7 heteroatoms. The molecule has 1 amide bonds. The van der Waals surface area contributed by atoms with Gasteiger partial charge < -0.3 is 5.32 Å². The summed E-state index contributed by atoms with van der Waals surface area (Å²) >= 11 is 0. The highest BCUT2D eigenvalue weighted by molar-refractivity contribution is 5.80. The van der Waals surface area contributed by atoms with E-state index in [0.717, 1.165) is 31.0 Å². The van der Waals surface area contributed by atoms with Gasteiger partial charge in [0.25, 0.3) is 0 Å². The quantitative estimate of drug-likeness (QED) is 0.778.